The topological polar surface area (TPSA) is 90.0 Å². The first kappa shape index (κ1) is 13.6. The quantitative estimate of drug-likeness (QED) is 0.430. The van der Waals surface area contributed by atoms with Crippen LogP contribution in [0.4, 0.5) is 5.82 Å². The predicted molar refractivity (Wildman–Crippen MR) is 117 cm³/mol. The van der Waals surface area contributed by atoms with Gasteiger partial charge >= 0.3 is 0 Å². The van der Waals surface area contributed by atoms with Crippen molar-refractivity contribution in [3.05, 3.63) is 70.1 Å². The van der Waals surface area contributed by atoms with Gasteiger partial charge < -0.3 is 20.7 Å². The minimum absolute atomic E-state index is 0.132. The van der Waals surface area contributed by atoms with Gasteiger partial charge in [-0.15, -0.1) is 0 Å². The number of aliphatic hydroxyl groups excluding tert-OH is 1. The fourth-order valence-corrected chi connectivity index (χ4v) is 3.14. The van der Waals surface area contributed by atoms with Crippen molar-refractivity contribution in [2.75, 3.05) is 11.9 Å². The molecule has 0 bridgehead atoms. The lowest BCUT2D eigenvalue weighted by Gasteiger charge is -2.16. The molecular formula is C21H22Cl2N4O2. The molecule has 6 nitrogen and oxygen atoms in total. The van der Waals surface area contributed by atoms with Crippen molar-refractivity contribution < 1.29 is 19.5 Å². The van der Waals surface area contributed by atoms with Crippen molar-refractivity contribution in [1.82, 2.24) is 15.3 Å². The maximum atomic E-state index is 12.8. The van der Waals surface area contributed by atoms with Crippen LogP contribution in [0, 0.1) is 0 Å². The summed E-state index contributed by atoms with van der Waals surface area (Å²) in [7, 11) is 0. The maximum Gasteiger partial charge on any atom is 0.268 e. The van der Waals surface area contributed by atoms with Crippen LogP contribution >= 0.6 is 23.2 Å². The standard InChI is InChI=1S/C21H22Cl2N4O2/c1-12(2)26-20-8-16(17(23)10-25-20)14-7-18(24-9-14)21(29)27-19(11-28)13-4-3-5-15(22)6-13/h3-10,12,19,24,28H,11H2,1-2H3,(H,25,26)(H,27,29)/i1D3,2D3,12D. The lowest BCUT2D eigenvalue weighted by atomic mass is 10.1. The number of nitrogens with one attached hydrogen (secondary N) is 3. The number of hydrogen-bond acceptors (Lipinski definition) is 4. The second-order valence-electron chi connectivity index (χ2n) is 6.12. The van der Waals surface area contributed by atoms with Gasteiger partial charge in [0.05, 0.1) is 19.0 Å². The lowest BCUT2D eigenvalue weighted by molar-refractivity contribution is 0.0912. The van der Waals surface area contributed by atoms with Gasteiger partial charge in [0.15, 0.2) is 0 Å². The number of halogens is 2. The summed E-state index contributed by atoms with van der Waals surface area (Å²) in [5.74, 6) is -0.732. The van der Waals surface area contributed by atoms with E-state index in [1.54, 1.807) is 24.3 Å². The van der Waals surface area contributed by atoms with E-state index < -0.39 is 31.7 Å². The van der Waals surface area contributed by atoms with Gasteiger partial charge in [-0.25, -0.2) is 4.98 Å². The van der Waals surface area contributed by atoms with Gasteiger partial charge in [-0.3, -0.25) is 4.79 Å². The van der Waals surface area contributed by atoms with Crippen molar-refractivity contribution in [1.29, 1.82) is 0 Å². The number of carbonyl (C=O) groups excluding carboxylic acids is 1. The molecule has 0 aliphatic carbocycles. The molecule has 0 spiro atoms. The Morgan fingerprint density at radius 1 is 1.34 bits per heavy atom. The summed E-state index contributed by atoms with van der Waals surface area (Å²) in [6.45, 7) is -6.77. The highest BCUT2D eigenvalue weighted by Crippen LogP contribution is 2.30. The van der Waals surface area contributed by atoms with E-state index in [4.69, 9.17) is 32.8 Å². The molecule has 1 atom stereocenters. The SMILES string of the molecule is [2H]C([2H])([2H])C([2H])(Nc1cc(-c2c[nH]c(C(=O)NC(CO)c3cccc(Cl)c3)c2)c(Cl)cn1)C([2H])([2H])[2H]. The van der Waals surface area contributed by atoms with Gasteiger partial charge in [0.1, 0.15) is 11.5 Å². The van der Waals surface area contributed by atoms with Gasteiger partial charge in [-0.05, 0) is 43.5 Å². The van der Waals surface area contributed by atoms with E-state index in [1.807, 2.05) is 0 Å². The molecule has 2 heterocycles. The number of pyridine rings is 1. The van der Waals surface area contributed by atoms with Gasteiger partial charge in [0.2, 0.25) is 0 Å². The van der Waals surface area contributed by atoms with Crippen LogP contribution in [0.25, 0.3) is 11.1 Å². The minimum Gasteiger partial charge on any atom is -0.394 e. The molecule has 0 aliphatic rings. The molecule has 152 valence electrons. The summed E-state index contributed by atoms with van der Waals surface area (Å²) in [6, 6.07) is 5.71. The number of aromatic amines is 1. The highest BCUT2D eigenvalue weighted by Gasteiger charge is 2.18. The molecule has 0 aliphatic heterocycles. The molecule has 3 rings (SSSR count). The van der Waals surface area contributed by atoms with Gasteiger partial charge in [0, 0.05) is 42.8 Å². The zero-order chi connectivity index (χ0) is 26.9. The Bertz CT molecular complexity index is 1230. The molecule has 2 aromatic heterocycles. The number of hydrogen-bond donors (Lipinski definition) is 4. The molecule has 4 N–H and O–H groups in total. The number of benzene rings is 1. The largest absolute Gasteiger partial charge is 0.394 e. The van der Waals surface area contributed by atoms with Crippen LogP contribution in [0.5, 0.6) is 0 Å². The van der Waals surface area contributed by atoms with Crippen LogP contribution in [0.3, 0.4) is 0 Å². The monoisotopic (exact) mass is 439 g/mol. The first-order valence-electron chi connectivity index (χ1n) is 12.0. The van der Waals surface area contributed by atoms with Crippen molar-refractivity contribution in [3.63, 3.8) is 0 Å². The highest BCUT2D eigenvalue weighted by atomic mass is 35.5. The van der Waals surface area contributed by atoms with Crippen molar-refractivity contribution in [3.8, 4) is 11.1 Å². The number of H-pyrrole nitrogens is 1. The fourth-order valence-electron chi connectivity index (χ4n) is 2.73. The Kier molecular flexibility index (Phi) is 4.38. The van der Waals surface area contributed by atoms with E-state index in [0.29, 0.717) is 21.7 Å². The summed E-state index contributed by atoms with van der Waals surface area (Å²) >= 11 is 12.2. The third kappa shape index (κ3) is 5.29. The molecule has 1 aromatic carbocycles. The van der Waals surface area contributed by atoms with Crippen molar-refractivity contribution in [2.45, 2.75) is 25.8 Å². The first-order valence-corrected chi connectivity index (χ1v) is 9.21. The Morgan fingerprint density at radius 3 is 2.90 bits per heavy atom. The number of rotatable bonds is 7. The van der Waals surface area contributed by atoms with Gasteiger partial charge in [-0.2, -0.15) is 0 Å². The second kappa shape index (κ2) is 9.31. The molecule has 29 heavy (non-hydrogen) atoms. The Balaban J connectivity index is 1.86. The summed E-state index contributed by atoms with van der Waals surface area (Å²) in [6.07, 6.45) is 2.64. The Hall–Kier alpha value is -2.54. The normalized spacial score (nSPS) is 16.9. The number of amides is 1. The number of aliphatic hydroxyl groups is 1. The molecule has 0 saturated heterocycles. The Morgan fingerprint density at radius 2 is 2.17 bits per heavy atom. The molecule has 0 saturated carbocycles. The number of nitrogens with zero attached hydrogens (tertiary/aromatic N) is 1. The zero-order valence-corrected chi connectivity index (χ0v) is 16.5. The van der Waals surface area contributed by atoms with E-state index in [0.717, 1.165) is 0 Å². The van der Waals surface area contributed by atoms with Crippen molar-refractivity contribution >= 4 is 34.9 Å². The van der Waals surface area contributed by atoms with Gasteiger partial charge in [-0.1, -0.05) is 35.3 Å². The molecule has 1 amide bonds. The summed E-state index contributed by atoms with van der Waals surface area (Å²) in [5.41, 5.74) is 1.46. The number of carbonyl (C=O) groups is 1. The van der Waals surface area contributed by atoms with Crippen LogP contribution in [0.1, 0.15) is 45.4 Å². The molecule has 8 heteroatoms. The average molecular weight is 440 g/mol. The lowest BCUT2D eigenvalue weighted by Crippen LogP contribution is -2.31. The minimum atomic E-state index is -3.20. The summed E-state index contributed by atoms with van der Waals surface area (Å²) < 4.78 is 53.4. The van der Waals surface area contributed by atoms with Crippen LogP contribution in [0.15, 0.2) is 48.8 Å². The van der Waals surface area contributed by atoms with E-state index in [-0.39, 0.29) is 23.1 Å². The molecule has 1 unspecified atom stereocenters. The van der Waals surface area contributed by atoms with Crippen LogP contribution in [0.2, 0.25) is 10.0 Å². The van der Waals surface area contributed by atoms with E-state index in [9.17, 15) is 9.90 Å². The summed E-state index contributed by atoms with van der Waals surface area (Å²) in [4.78, 5) is 19.5. The fraction of sp³-hybridized carbons (Fsp3) is 0.238. The number of anilines is 1. The third-order valence-electron chi connectivity index (χ3n) is 4.09. The van der Waals surface area contributed by atoms with Gasteiger partial charge in [0.25, 0.3) is 5.91 Å². The first-order chi connectivity index (χ1) is 16.7. The average Bonchev–Trinajstić information content (AvgIpc) is 3.27. The predicted octanol–water partition coefficient (Wildman–Crippen LogP) is 4.67. The highest BCUT2D eigenvalue weighted by molar-refractivity contribution is 6.33. The molecular weight excluding hydrogens is 411 g/mol. The molecule has 0 fully saturated rings. The summed E-state index contributed by atoms with van der Waals surface area (Å²) in [5, 5.41) is 15.2. The molecule has 0 radical (unpaired) electrons. The van der Waals surface area contributed by atoms with Crippen molar-refractivity contribution in [2.24, 2.45) is 0 Å². The second-order valence-corrected chi connectivity index (χ2v) is 6.96. The van der Waals surface area contributed by atoms with Crippen LogP contribution in [-0.2, 0) is 0 Å². The van der Waals surface area contributed by atoms with E-state index >= 15 is 0 Å². The van der Waals surface area contributed by atoms with E-state index in [1.165, 1.54) is 24.5 Å². The maximum absolute atomic E-state index is 12.8. The number of aromatic nitrogens is 2. The zero-order valence-electron chi connectivity index (χ0n) is 22.0. The Labute approximate surface area is 189 Å². The molecule has 3 aromatic rings. The smallest absolute Gasteiger partial charge is 0.268 e. The van der Waals surface area contributed by atoms with E-state index in [2.05, 4.69) is 20.6 Å². The van der Waals surface area contributed by atoms with Crippen LogP contribution < -0.4 is 10.6 Å². The van der Waals surface area contributed by atoms with Crippen LogP contribution in [-0.4, -0.2) is 33.6 Å². The third-order valence-corrected chi connectivity index (χ3v) is 4.62.